The predicted molar refractivity (Wildman–Crippen MR) is 97.7 cm³/mol. The Labute approximate surface area is 150 Å². The molecule has 3 heterocycles. The van der Waals surface area contributed by atoms with E-state index in [1.165, 1.54) is 10.7 Å². The lowest BCUT2D eigenvalue weighted by atomic mass is 10.1. The topological polar surface area (TPSA) is 103 Å². The standard InChI is InChI=1S/C18H17N7O/c1-20-17-10-15(24-25(17)2)16(26)9-12-5-7-21-13(8-12)11-23-14-4-3-6-22-18(14)19/h3-8,10,23H,9,11H2,2H3,(H2,19,22). The van der Waals surface area contributed by atoms with Gasteiger partial charge in [0.05, 0.1) is 25.0 Å². The van der Waals surface area contributed by atoms with Gasteiger partial charge in [-0.3, -0.25) is 9.78 Å². The van der Waals surface area contributed by atoms with Gasteiger partial charge >= 0.3 is 0 Å². The maximum atomic E-state index is 12.4. The molecule has 0 saturated heterocycles. The van der Waals surface area contributed by atoms with Gasteiger partial charge in [0.1, 0.15) is 11.5 Å². The average molecular weight is 347 g/mol. The van der Waals surface area contributed by atoms with Crippen LogP contribution >= 0.6 is 0 Å². The number of nitrogens with one attached hydrogen (secondary N) is 1. The van der Waals surface area contributed by atoms with E-state index in [1.807, 2.05) is 12.1 Å². The first-order chi connectivity index (χ1) is 12.6. The van der Waals surface area contributed by atoms with Crippen molar-refractivity contribution in [3.63, 3.8) is 0 Å². The molecule has 26 heavy (non-hydrogen) atoms. The Morgan fingerprint density at radius 2 is 2.15 bits per heavy atom. The van der Waals surface area contributed by atoms with Crippen LogP contribution < -0.4 is 11.1 Å². The Kier molecular flexibility index (Phi) is 4.90. The van der Waals surface area contributed by atoms with Crippen molar-refractivity contribution >= 4 is 23.1 Å². The highest BCUT2D eigenvalue weighted by Gasteiger charge is 2.14. The second-order valence-corrected chi connectivity index (χ2v) is 5.67. The number of carbonyl (C=O) groups is 1. The fraction of sp³-hybridized carbons (Fsp3) is 0.167. The van der Waals surface area contributed by atoms with E-state index in [0.29, 0.717) is 18.2 Å². The van der Waals surface area contributed by atoms with Crippen molar-refractivity contribution in [2.45, 2.75) is 13.0 Å². The van der Waals surface area contributed by atoms with Gasteiger partial charge in [0, 0.05) is 18.8 Å². The summed E-state index contributed by atoms with van der Waals surface area (Å²) in [5.41, 5.74) is 8.43. The number of rotatable bonds is 6. The molecule has 0 aliphatic carbocycles. The highest BCUT2D eigenvalue weighted by atomic mass is 16.1. The molecule has 0 spiro atoms. The van der Waals surface area contributed by atoms with Crippen molar-refractivity contribution in [1.82, 2.24) is 19.7 Å². The smallest absolute Gasteiger partial charge is 0.252 e. The lowest BCUT2D eigenvalue weighted by Gasteiger charge is -2.08. The molecule has 3 rings (SSSR count). The SMILES string of the molecule is [C-]#[N+]c1cc(C(=O)Cc2ccnc(CNc3cccnc3N)c2)nn1C. The van der Waals surface area contributed by atoms with E-state index >= 15 is 0 Å². The molecule has 0 aliphatic heterocycles. The zero-order valence-electron chi connectivity index (χ0n) is 14.2. The van der Waals surface area contributed by atoms with Gasteiger partial charge in [0.25, 0.3) is 5.82 Å². The normalized spacial score (nSPS) is 10.3. The van der Waals surface area contributed by atoms with Crippen LogP contribution in [0.15, 0.2) is 42.7 Å². The van der Waals surface area contributed by atoms with E-state index in [-0.39, 0.29) is 17.9 Å². The highest BCUT2D eigenvalue weighted by Crippen LogP contribution is 2.16. The van der Waals surface area contributed by atoms with Crippen LogP contribution in [0.5, 0.6) is 0 Å². The van der Waals surface area contributed by atoms with Crippen LogP contribution in [0.3, 0.4) is 0 Å². The number of nitrogens with zero attached hydrogens (tertiary/aromatic N) is 5. The molecule has 0 aromatic carbocycles. The summed E-state index contributed by atoms with van der Waals surface area (Å²) in [6, 6.07) is 8.79. The number of Topliss-reactive ketones (excluding diaryl/α,β-unsaturated/α-hetero) is 1. The number of pyridine rings is 2. The summed E-state index contributed by atoms with van der Waals surface area (Å²) >= 11 is 0. The number of anilines is 2. The number of carbonyl (C=O) groups excluding carboxylic acids is 1. The molecule has 0 unspecified atom stereocenters. The van der Waals surface area contributed by atoms with Gasteiger partial charge in [-0.2, -0.15) is 0 Å². The molecule has 8 nitrogen and oxygen atoms in total. The molecule has 0 radical (unpaired) electrons. The molecule has 0 aliphatic rings. The molecule has 8 heteroatoms. The van der Waals surface area contributed by atoms with Crippen molar-refractivity contribution in [2.24, 2.45) is 7.05 Å². The van der Waals surface area contributed by atoms with E-state index in [0.717, 1.165) is 16.9 Å². The van der Waals surface area contributed by atoms with E-state index in [4.69, 9.17) is 12.3 Å². The highest BCUT2D eigenvalue weighted by molar-refractivity contribution is 5.96. The van der Waals surface area contributed by atoms with Crippen LogP contribution in [-0.4, -0.2) is 25.5 Å². The summed E-state index contributed by atoms with van der Waals surface area (Å²) in [6.45, 7) is 7.51. The molecular formula is C18H17N7O. The summed E-state index contributed by atoms with van der Waals surface area (Å²) in [4.78, 5) is 24.0. The third kappa shape index (κ3) is 3.84. The Hall–Kier alpha value is -3.73. The summed E-state index contributed by atoms with van der Waals surface area (Å²) in [5.74, 6) is 0.615. The minimum Gasteiger partial charge on any atom is -0.382 e. The number of nitrogens with two attached hydrogens (primary N) is 1. The Morgan fingerprint density at radius 3 is 2.88 bits per heavy atom. The first-order valence-electron chi connectivity index (χ1n) is 7.89. The molecule has 0 fully saturated rings. The summed E-state index contributed by atoms with van der Waals surface area (Å²) in [7, 11) is 1.64. The number of hydrogen-bond acceptors (Lipinski definition) is 6. The van der Waals surface area contributed by atoms with Gasteiger partial charge in [0.15, 0.2) is 5.78 Å². The Balaban J connectivity index is 1.68. The second-order valence-electron chi connectivity index (χ2n) is 5.67. The number of hydrogen-bond donors (Lipinski definition) is 2. The Morgan fingerprint density at radius 1 is 1.31 bits per heavy atom. The summed E-state index contributed by atoms with van der Waals surface area (Å²) in [5, 5.41) is 7.27. The molecule has 0 bridgehead atoms. The minimum atomic E-state index is -0.142. The van der Waals surface area contributed by atoms with Crippen LogP contribution in [0, 0.1) is 6.57 Å². The summed E-state index contributed by atoms with van der Waals surface area (Å²) in [6.07, 6.45) is 3.48. The molecule has 130 valence electrons. The maximum absolute atomic E-state index is 12.4. The first kappa shape index (κ1) is 17.1. The van der Waals surface area contributed by atoms with E-state index in [1.54, 1.807) is 31.6 Å². The molecule has 3 aromatic rings. The van der Waals surface area contributed by atoms with Crippen molar-refractivity contribution in [1.29, 1.82) is 0 Å². The zero-order chi connectivity index (χ0) is 18.5. The number of ketones is 1. The van der Waals surface area contributed by atoms with Crippen molar-refractivity contribution in [2.75, 3.05) is 11.1 Å². The average Bonchev–Trinajstić information content (AvgIpc) is 3.02. The fourth-order valence-corrected chi connectivity index (χ4v) is 2.46. The van der Waals surface area contributed by atoms with E-state index in [2.05, 4.69) is 25.2 Å². The van der Waals surface area contributed by atoms with Crippen molar-refractivity contribution < 1.29 is 4.79 Å². The van der Waals surface area contributed by atoms with Gasteiger partial charge in [-0.25, -0.2) is 9.67 Å². The van der Waals surface area contributed by atoms with Gasteiger partial charge in [-0.05, 0) is 35.9 Å². The zero-order valence-corrected chi connectivity index (χ0v) is 14.2. The first-order valence-corrected chi connectivity index (χ1v) is 7.89. The van der Waals surface area contributed by atoms with Gasteiger partial charge in [-0.15, -0.1) is 0 Å². The van der Waals surface area contributed by atoms with Gasteiger partial charge < -0.3 is 15.9 Å². The molecule has 3 aromatic heterocycles. The molecule has 0 atom stereocenters. The Bertz CT molecular complexity index is 987. The number of nitrogen functional groups attached to an aromatic ring is 1. The van der Waals surface area contributed by atoms with Crippen LogP contribution in [0.1, 0.15) is 21.7 Å². The van der Waals surface area contributed by atoms with Crippen LogP contribution in [0.2, 0.25) is 0 Å². The van der Waals surface area contributed by atoms with E-state index in [9.17, 15) is 4.79 Å². The third-order valence-corrected chi connectivity index (χ3v) is 3.80. The lowest BCUT2D eigenvalue weighted by molar-refractivity contribution is 0.0987. The second kappa shape index (κ2) is 7.44. The van der Waals surface area contributed by atoms with Crippen molar-refractivity contribution in [3.05, 3.63) is 71.1 Å². The molecular weight excluding hydrogens is 330 g/mol. The molecule has 0 amide bonds. The van der Waals surface area contributed by atoms with Crippen LogP contribution in [0.4, 0.5) is 17.3 Å². The van der Waals surface area contributed by atoms with E-state index < -0.39 is 0 Å². The van der Waals surface area contributed by atoms with Crippen LogP contribution in [-0.2, 0) is 20.0 Å². The molecule has 0 saturated carbocycles. The number of aryl methyl sites for hydroxylation is 1. The quantitative estimate of drug-likeness (QED) is 0.524. The van der Waals surface area contributed by atoms with Crippen LogP contribution in [0.25, 0.3) is 4.85 Å². The number of aromatic nitrogens is 4. The predicted octanol–water partition coefficient (Wildman–Crippen LogP) is 2.38. The fourth-order valence-electron chi connectivity index (χ4n) is 2.46. The third-order valence-electron chi connectivity index (χ3n) is 3.80. The van der Waals surface area contributed by atoms with Crippen molar-refractivity contribution in [3.8, 4) is 0 Å². The van der Waals surface area contributed by atoms with Gasteiger partial charge in [-0.1, -0.05) is 11.7 Å². The lowest BCUT2D eigenvalue weighted by Crippen LogP contribution is -2.08. The van der Waals surface area contributed by atoms with Gasteiger partial charge in [0.2, 0.25) is 0 Å². The minimum absolute atomic E-state index is 0.142. The summed E-state index contributed by atoms with van der Waals surface area (Å²) < 4.78 is 1.40. The monoisotopic (exact) mass is 347 g/mol. The maximum Gasteiger partial charge on any atom is 0.252 e. The molecule has 3 N–H and O–H groups in total. The largest absolute Gasteiger partial charge is 0.382 e.